The fourth-order valence-corrected chi connectivity index (χ4v) is 3.45. The summed E-state index contributed by atoms with van der Waals surface area (Å²) >= 11 is 4.97. The molecule has 0 saturated carbocycles. The molecule has 1 aromatic carbocycles. The van der Waals surface area contributed by atoms with Gasteiger partial charge in [0.05, 0.1) is 3.79 Å². The van der Waals surface area contributed by atoms with Gasteiger partial charge in [-0.3, -0.25) is 4.79 Å². The zero-order chi connectivity index (χ0) is 12.6. The van der Waals surface area contributed by atoms with Crippen molar-refractivity contribution in [2.24, 2.45) is 0 Å². The lowest BCUT2D eigenvalue weighted by atomic mass is 9.99. The van der Waals surface area contributed by atoms with Crippen molar-refractivity contribution in [1.82, 2.24) is 0 Å². The highest BCUT2D eigenvalue weighted by molar-refractivity contribution is 9.11. The Morgan fingerprint density at radius 2 is 1.94 bits per heavy atom. The van der Waals surface area contributed by atoms with Crippen molar-refractivity contribution < 1.29 is 4.79 Å². The zero-order valence-corrected chi connectivity index (χ0v) is 12.0. The van der Waals surface area contributed by atoms with Gasteiger partial charge in [-0.1, -0.05) is 0 Å². The second-order valence-electron chi connectivity index (χ2n) is 3.92. The molecule has 17 heavy (non-hydrogen) atoms. The van der Waals surface area contributed by atoms with E-state index in [1.54, 1.807) is 23.5 Å². The number of aryl methyl sites for hydroxylation is 2. The summed E-state index contributed by atoms with van der Waals surface area (Å²) in [5, 5.41) is 0. The maximum absolute atomic E-state index is 12.4. The summed E-state index contributed by atoms with van der Waals surface area (Å²) in [7, 11) is 0. The Labute approximate surface area is 113 Å². The lowest BCUT2D eigenvalue weighted by molar-refractivity contribution is 0.103. The molecule has 0 fully saturated rings. The molecule has 2 N–H and O–H groups in total. The molecule has 2 nitrogen and oxygen atoms in total. The van der Waals surface area contributed by atoms with Gasteiger partial charge in [-0.25, -0.2) is 0 Å². The molecule has 0 amide bonds. The van der Waals surface area contributed by atoms with Gasteiger partial charge in [0.25, 0.3) is 0 Å². The number of ketones is 1. The van der Waals surface area contributed by atoms with Crippen LogP contribution in [0.2, 0.25) is 0 Å². The highest BCUT2D eigenvalue weighted by atomic mass is 79.9. The first kappa shape index (κ1) is 12.3. The third kappa shape index (κ3) is 2.42. The molecule has 0 unspecified atom stereocenters. The minimum atomic E-state index is 0.0574. The Bertz CT molecular complexity index is 589. The van der Waals surface area contributed by atoms with Crippen LogP contribution in [0.25, 0.3) is 0 Å². The van der Waals surface area contributed by atoms with Gasteiger partial charge in [0, 0.05) is 21.7 Å². The Hall–Kier alpha value is -1.13. The molecule has 0 aliphatic heterocycles. The Balaban J connectivity index is 2.47. The molecule has 1 aromatic heterocycles. The van der Waals surface area contributed by atoms with Crippen LogP contribution in [0.3, 0.4) is 0 Å². The number of hydrogen-bond donors (Lipinski definition) is 1. The van der Waals surface area contributed by atoms with E-state index in [1.165, 1.54) is 0 Å². The number of thiophene rings is 1. The zero-order valence-electron chi connectivity index (χ0n) is 9.58. The summed E-state index contributed by atoms with van der Waals surface area (Å²) in [6.45, 7) is 3.86. The Kier molecular flexibility index (Phi) is 3.35. The minimum absolute atomic E-state index is 0.0574. The van der Waals surface area contributed by atoms with E-state index in [2.05, 4.69) is 15.9 Å². The number of nitrogens with two attached hydrogens (primary N) is 1. The van der Waals surface area contributed by atoms with Gasteiger partial charge in [0.1, 0.15) is 0 Å². The van der Waals surface area contributed by atoms with Gasteiger partial charge in [-0.15, -0.1) is 11.3 Å². The van der Waals surface area contributed by atoms with Crippen molar-refractivity contribution in [1.29, 1.82) is 0 Å². The Morgan fingerprint density at radius 1 is 1.24 bits per heavy atom. The van der Waals surface area contributed by atoms with Crippen LogP contribution < -0.4 is 5.73 Å². The first-order valence-corrected chi connectivity index (χ1v) is 6.76. The van der Waals surface area contributed by atoms with Crippen molar-refractivity contribution >= 4 is 38.7 Å². The van der Waals surface area contributed by atoms with Crippen LogP contribution in [0.5, 0.6) is 0 Å². The molecule has 1 heterocycles. The largest absolute Gasteiger partial charge is 0.399 e. The van der Waals surface area contributed by atoms with Gasteiger partial charge >= 0.3 is 0 Å². The number of anilines is 1. The molecule has 88 valence electrons. The molecule has 0 aliphatic rings. The number of benzene rings is 1. The van der Waals surface area contributed by atoms with E-state index in [0.29, 0.717) is 11.3 Å². The molecular formula is C13H12BrNOS. The highest BCUT2D eigenvalue weighted by Gasteiger charge is 2.16. The minimum Gasteiger partial charge on any atom is -0.399 e. The van der Waals surface area contributed by atoms with Gasteiger partial charge in [0.2, 0.25) is 0 Å². The second-order valence-corrected chi connectivity index (χ2v) is 6.56. The van der Waals surface area contributed by atoms with Crippen molar-refractivity contribution in [3.63, 3.8) is 0 Å². The van der Waals surface area contributed by atoms with Crippen LogP contribution >= 0.6 is 27.3 Å². The van der Waals surface area contributed by atoms with E-state index in [1.807, 2.05) is 26.0 Å². The topological polar surface area (TPSA) is 43.1 Å². The van der Waals surface area contributed by atoms with Crippen molar-refractivity contribution in [3.8, 4) is 0 Å². The summed E-state index contributed by atoms with van der Waals surface area (Å²) in [5.74, 6) is 0.0574. The number of carbonyl (C=O) groups excluding carboxylic acids is 1. The summed E-state index contributed by atoms with van der Waals surface area (Å²) in [4.78, 5) is 13.4. The maximum atomic E-state index is 12.4. The maximum Gasteiger partial charge on any atom is 0.194 e. The third-order valence-corrected chi connectivity index (χ3v) is 4.18. The van der Waals surface area contributed by atoms with Crippen LogP contribution in [0.1, 0.15) is 26.4 Å². The monoisotopic (exact) mass is 309 g/mol. The van der Waals surface area contributed by atoms with Gasteiger partial charge < -0.3 is 5.73 Å². The predicted octanol–water partition coefficient (Wildman–Crippen LogP) is 3.94. The summed E-state index contributed by atoms with van der Waals surface area (Å²) in [5.41, 5.74) is 8.75. The molecule has 0 aliphatic carbocycles. The molecule has 2 rings (SSSR count). The molecule has 2 aromatic rings. The lowest BCUT2D eigenvalue weighted by Gasteiger charge is -2.05. The first-order chi connectivity index (χ1) is 7.99. The SMILES string of the molecule is Cc1cc(N)ccc1C(=O)c1cc(Br)sc1C. The van der Waals surface area contributed by atoms with Crippen LogP contribution in [0.4, 0.5) is 5.69 Å². The molecule has 0 spiro atoms. The fraction of sp³-hybridized carbons (Fsp3) is 0.154. The standard InChI is InChI=1S/C13H12BrNOS/c1-7-5-9(15)3-4-10(7)13(16)11-6-12(14)17-8(11)2/h3-6H,15H2,1-2H3. The predicted molar refractivity (Wildman–Crippen MR) is 75.8 cm³/mol. The molecular weight excluding hydrogens is 298 g/mol. The van der Waals surface area contributed by atoms with Gasteiger partial charge in [-0.2, -0.15) is 0 Å². The van der Waals surface area contributed by atoms with E-state index in [-0.39, 0.29) is 5.78 Å². The number of rotatable bonds is 2. The van der Waals surface area contributed by atoms with E-state index < -0.39 is 0 Å². The highest BCUT2D eigenvalue weighted by Crippen LogP contribution is 2.29. The van der Waals surface area contributed by atoms with E-state index in [4.69, 9.17) is 5.73 Å². The van der Waals surface area contributed by atoms with Crippen LogP contribution in [0, 0.1) is 13.8 Å². The van der Waals surface area contributed by atoms with E-state index in [0.717, 1.165) is 19.8 Å². The van der Waals surface area contributed by atoms with Crippen molar-refractivity contribution in [2.75, 3.05) is 5.73 Å². The van der Waals surface area contributed by atoms with E-state index in [9.17, 15) is 4.79 Å². The van der Waals surface area contributed by atoms with Crippen LogP contribution in [0.15, 0.2) is 28.1 Å². The average Bonchev–Trinajstić information content (AvgIpc) is 2.57. The van der Waals surface area contributed by atoms with Crippen molar-refractivity contribution in [2.45, 2.75) is 13.8 Å². The molecule has 0 radical (unpaired) electrons. The van der Waals surface area contributed by atoms with Crippen molar-refractivity contribution in [3.05, 3.63) is 49.6 Å². The smallest absolute Gasteiger partial charge is 0.194 e. The number of halogens is 1. The molecule has 0 saturated heterocycles. The quantitative estimate of drug-likeness (QED) is 0.674. The normalized spacial score (nSPS) is 10.5. The first-order valence-electron chi connectivity index (χ1n) is 5.16. The summed E-state index contributed by atoms with van der Waals surface area (Å²) in [6, 6.07) is 7.25. The summed E-state index contributed by atoms with van der Waals surface area (Å²) in [6.07, 6.45) is 0. The molecule has 4 heteroatoms. The third-order valence-electron chi connectivity index (χ3n) is 2.63. The van der Waals surface area contributed by atoms with Gasteiger partial charge in [0.15, 0.2) is 5.78 Å². The second kappa shape index (κ2) is 4.63. The molecule has 0 atom stereocenters. The number of hydrogen-bond acceptors (Lipinski definition) is 3. The average molecular weight is 310 g/mol. The summed E-state index contributed by atoms with van der Waals surface area (Å²) < 4.78 is 0.978. The fourth-order valence-electron chi connectivity index (χ4n) is 1.76. The van der Waals surface area contributed by atoms with Gasteiger partial charge in [-0.05, 0) is 59.6 Å². The van der Waals surface area contributed by atoms with E-state index >= 15 is 0 Å². The Morgan fingerprint density at radius 3 is 2.47 bits per heavy atom. The van der Waals surface area contributed by atoms with Crippen LogP contribution in [-0.4, -0.2) is 5.78 Å². The molecule has 0 bridgehead atoms. The number of nitrogen functional groups attached to an aromatic ring is 1. The van der Waals surface area contributed by atoms with Crippen LogP contribution in [-0.2, 0) is 0 Å². The lowest BCUT2D eigenvalue weighted by Crippen LogP contribution is -2.04. The number of carbonyl (C=O) groups is 1.